The topological polar surface area (TPSA) is 42.9 Å². The van der Waals surface area contributed by atoms with E-state index in [1.54, 1.807) is 0 Å². The standard InChI is InChI=1S/C47H33N2OP/c1-51(50)45-18-9-8-15-41(45)42-17-10-16-40(46(42)51)36-25-19-34(20-26-36)35-23-29-38(30-24-35)44-31-43(48-47(49-44)39-13-6-3-7-14-39)37-27-21-33(22-28-37)32-11-4-2-5-12-32/h2-31H,1H3. The highest BCUT2D eigenvalue weighted by Crippen LogP contribution is 2.52. The highest BCUT2D eigenvalue weighted by molar-refractivity contribution is 7.79. The van der Waals surface area contributed by atoms with E-state index in [2.05, 4.69) is 140 Å². The van der Waals surface area contributed by atoms with E-state index >= 15 is 0 Å². The second-order valence-electron chi connectivity index (χ2n) is 13.1. The summed E-state index contributed by atoms with van der Waals surface area (Å²) in [6.45, 7) is 1.90. The Morgan fingerprint density at radius 2 is 0.784 bits per heavy atom. The molecule has 1 unspecified atom stereocenters. The third kappa shape index (κ3) is 5.62. The molecular weight excluding hydrogens is 640 g/mol. The molecule has 0 aliphatic carbocycles. The second kappa shape index (κ2) is 12.6. The number of hydrogen-bond donors (Lipinski definition) is 0. The van der Waals surface area contributed by atoms with E-state index in [0.29, 0.717) is 5.82 Å². The number of benzene rings is 7. The summed E-state index contributed by atoms with van der Waals surface area (Å²) in [5.41, 5.74) is 13.7. The van der Waals surface area contributed by atoms with Crippen LogP contribution < -0.4 is 10.6 Å². The van der Waals surface area contributed by atoms with Crippen molar-refractivity contribution in [3.05, 3.63) is 182 Å². The molecule has 1 atom stereocenters. The monoisotopic (exact) mass is 672 g/mol. The van der Waals surface area contributed by atoms with Crippen LogP contribution in [0.15, 0.2) is 182 Å². The number of rotatable bonds is 6. The van der Waals surface area contributed by atoms with Crippen molar-refractivity contribution in [2.45, 2.75) is 0 Å². The zero-order valence-electron chi connectivity index (χ0n) is 28.1. The van der Waals surface area contributed by atoms with E-state index in [0.717, 1.165) is 72.1 Å². The Bertz CT molecular complexity index is 2580. The van der Waals surface area contributed by atoms with Crippen molar-refractivity contribution in [1.82, 2.24) is 9.97 Å². The number of fused-ring (bicyclic) bond motifs is 3. The van der Waals surface area contributed by atoms with Crippen LogP contribution in [-0.4, -0.2) is 16.6 Å². The Hall–Kier alpha value is -6.15. The molecule has 0 amide bonds. The molecule has 2 heterocycles. The zero-order valence-corrected chi connectivity index (χ0v) is 29.0. The van der Waals surface area contributed by atoms with Gasteiger partial charge in [-0.1, -0.05) is 176 Å². The Balaban J connectivity index is 1.03. The lowest BCUT2D eigenvalue weighted by molar-refractivity contribution is 0.591. The molecule has 0 N–H and O–H groups in total. The van der Waals surface area contributed by atoms with E-state index in [4.69, 9.17) is 9.97 Å². The van der Waals surface area contributed by atoms with Crippen molar-refractivity contribution in [2.75, 3.05) is 6.66 Å². The summed E-state index contributed by atoms with van der Waals surface area (Å²) in [5, 5.41) is 1.92. The van der Waals surface area contributed by atoms with Gasteiger partial charge in [0.1, 0.15) is 7.14 Å². The van der Waals surface area contributed by atoms with Crippen LogP contribution in [0.25, 0.3) is 78.4 Å². The molecule has 0 fully saturated rings. The van der Waals surface area contributed by atoms with Gasteiger partial charge < -0.3 is 4.57 Å². The SMILES string of the molecule is CP1(=O)c2ccccc2-c2cccc(-c3ccc(-c4ccc(-c5cc(-c6ccc(-c7ccccc7)cc6)nc(-c6ccccc6)n5)cc4)cc3)c21. The van der Waals surface area contributed by atoms with Gasteiger partial charge in [0.2, 0.25) is 0 Å². The van der Waals surface area contributed by atoms with E-state index in [1.807, 2.05) is 49.1 Å². The van der Waals surface area contributed by atoms with Crippen molar-refractivity contribution in [3.8, 4) is 78.4 Å². The lowest BCUT2D eigenvalue weighted by Crippen LogP contribution is -2.11. The van der Waals surface area contributed by atoms with Crippen LogP contribution in [0, 0.1) is 0 Å². The molecule has 8 aromatic rings. The average Bonchev–Trinajstić information content (AvgIpc) is 3.45. The fourth-order valence-electron chi connectivity index (χ4n) is 7.25. The van der Waals surface area contributed by atoms with Gasteiger partial charge in [-0.15, -0.1) is 0 Å². The Morgan fingerprint density at radius 1 is 0.373 bits per heavy atom. The summed E-state index contributed by atoms with van der Waals surface area (Å²) in [6, 6.07) is 62.8. The largest absolute Gasteiger partial charge is 0.314 e. The minimum atomic E-state index is -2.70. The molecule has 9 rings (SSSR count). The van der Waals surface area contributed by atoms with Gasteiger partial charge in [-0.25, -0.2) is 9.97 Å². The fraction of sp³-hybridized carbons (Fsp3) is 0.0213. The molecule has 0 saturated carbocycles. The van der Waals surface area contributed by atoms with Gasteiger partial charge in [0.15, 0.2) is 5.82 Å². The molecule has 1 aliphatic heterocycles. The molecule has 51 heavy (non-hydrogen) atoms. The lowest BCUT2D eigenvalue weighted by Gasteiger charge is -2.14. The number of nitrogens with zero attached hydrogens (tertiary/aromatic N) is 2. The molecule has 0 bridgehead atoms. The summed E-state index contributed by atoms with van der Waals surface area (Å²) in [5.74, 6) is 0.696. The molecule has 7 aromatic carbocycles. The van der Waals surface area contributed by atoms with Gasteiger partial charge in [0.05, 0.1) is 11.4 Å². The summed E-state index contributed by atoms with van der Waals surface area (Å²) < 4.78 is 14.2. The van der Waals surface area contributed by atoms with E-state index in [1.165, 1.54) is 11.1 Å². The van der Waals surface area contributed by atoms with Crippen molar-refractivity contribution in [2.24, 2.45) is 0 Å². The summed E-state index contributed by atoms with van der Waals surface area (Å²) in [6.07, 6.45) is 0. The lowest BCUT2D eigenvalue weighted by atomic mass is 9.96. The Labute approximate surface area is 298 Å². The molecule has 1 aliphatic rings. The van der Waals surface area contributed by atoms with Crippen molar-refractivity contribution in [1.29, 1.82) is 0 Å². The highest BCUT2D eigenvalue weighted by atomic mass is 31.2. The zero-order chi connectivity index (χ0) is 34.4. The van der Waals surface area contributed by atoms with Gasteiger partial charge in [-0.3, -0.25) is 0 Å². The predicted octanol–water partition coefficient (Wildman–Crippen LogP) is 11.4. The maximum Gasteiger partial charge on any atom is 0.160 e. The van der Waals surface area contributed by atoms with Crippen molar-refractivity contribution in [3.63, 3.8) is 0 Å². The Morgan fingerprint density at radius 3 is 1.35 bits per heavy atom. The molecule has 0 radical (unpaired) electrons. The van der Waals surface area contributed by atoms with Crippen LogP contribution >= 0.6 is 7.14 Å². The van der Waals surface area contributed by atoms with Crippen LogP contribution in [0.5, 0.6) is 0 Å². The first-order valence-corrected chi connectivity index (χ1v) is 19.3. The molecule has 242 valence electrons. The first kappa shape index (κ1) is 30.9. The molecule has 4 heteroatoms. The maximum atomic E-state index is 14.2. The number of aromatic nitrogens is 2. The van der Waals surface area contributed by atoms with Crippen LogP contribution in [-0.2, 0) is 4.57 Å². The molecule has 0 spiro atoms. The van der Waals surface area contributed by atoms with Gasteiger partial charge in [0, 0.05) is 27.3 Å². The second-order valence-corrected chi connectivity index (χ2v) is 15.8. The molecular formula is C47H33N2OP. The molecule has 3 nitrogen and oxygen atoms in total. The third-order valence-corrected chi connectivity index (χ3v) is 12.5. The van der Waals surface area contributed by atoms with Gasteiger partial charge in [0.25, 0.3) is 0 Å². The van der Waals surface area contributed by atoms with Crippen LogP contribution in [0.1, 0.15) is 0 Å². The molecule has 0 saturated heterocycles. The molecule has 1 aromatic heterocycles. The maximum absolute atomic E-state index is 14.2. The average molecular weight is 673 g/mol. The normalized spacial score (nSPS) is 14.5. The number of hydrogen-bond acceptors (Lipinski definition) is 3. The third-order valence-electron chi connectivity index (χ3n) is 9.87. The minimum absolute atomic E-state index is 0.696. The van der Waals surface area contributed by atoms with E-state index < -0.39 is 7.14 Å². The first-order valence-electron chi connectivity index (χ1n) is 17.2. The van der Waals surface area contributed by atoms with Crippen molar-refractivity contribution >= 4 is 17.8 Å². The van der Waals surface area contributed by atoms with Gasteiger partial charge in [-0.2, -0.15) is 0 Å². The van der Waals surface area contributed by atoms with E-state index in [9.17, 15) is 4.57 Å². The highest BCUT2D eigenvalue weighted by Gasteiger charge is 2.36. The first-order chi connectivity index (χ1) is 25.0. The van der Waals surface area contributed by atoms with Crippen molar-refractivity contribution < 1.29 is 4.57 Å². The summed E-state index contributed by atoms with van der Waals surface area (Å²) in [4.78, 5) is 10.0. The van der Waals surface area contributed by atoms with Gasteiger partial charge >= 0.3 is 0 Å². The fourth-order valence-corrected chi connectivity index (χ4v) is 9.83. The smallest absolute Gasteiger partial charge is 0.160 e. The Kier molecular flexibility index (Phi) is 7.64. The quantitative estimate of drug-likeness (QED) is 0.165. The van der Waals surface area contributed by atoms with Crippen LogP contribution in [0.2, 0.25) is 0 Å². The minimum Gasteiger partial charge on any atom is -0.314 e. The van der Waals surface area contributed by atoms with E-state index in [-0.39, 0.29) is 0 Å². The van der Waals surface area contributed by atoms with Gasteiger partial charge in [-0.05, 0) is 57.2 Å². The predicted molar refractivity (Wildman–Crippen MR) is 213 cm³/mol. The van der Waals surface area contributed by atoms with Crippen LogP contribution in [0.4, 0.5) is 0 Å². The summed E-state index contributed by atoms with van der Waals surface area (Å²) >= 11 is 0. The van der Waals surface area contributed by atoms with Crippen LogP contribution in [0.3, 0.4) is 0 Å². The summed E-state index contributed by atoms with van der Waals surface area (Å²) in [7, 11) is -2.70.